The molecule has 0 aliphatic heterocycles. The fraction of sp³-hybridized carbons (Fsp3) is 0. The lowest BCUT2D eigenvalue weighted by atomic mass is 10.1. The van der Waals surface area contributed by atoms with Crippen LogP contribution < -0.4 is 0 Å². The summed E-state index contributed by atoms with van der Waals surface area (Å²) in [5.74, 6) is 0. The molecule has 4 heterocycles. The van der Waals surface area contributed by atoms with Crippen LogP contribution in [0, 0.1) is 17.9 Å². The third kappa shape index (κ3) is 5.36. The Hall–Kier alpha value is -6.45. The maximum absolute atomic E-state index is 9.55. The van der Waals surface area contributed by atoms with Gasteiger partial charge in [-0.3, -0.25) is 0 Å². The molecule has 0 aliphatic rings. The second-order valence-corrected chi connectivity index (χ2v) is 17.6. The van der Waals surface area contributed by atoms with Gasteiger partial charge in [0.15, 0.2) is 5.69 Å². The molecule has 0 fully saturated rings. The smallest absolute Gasteiger partial charge is 0.188 e. The zero-order valence-electron chi connectivity index (χ0n) is 30.4. The summed E-state index contributed by atoms with van der Waals surface area (Å²) in [7, 11) is 0. The normalized spacial score (nSPS) is 11.6. The van der Waals surface area contributed by atoms with Crippen LogP contribution in [0.25, 0.3) is 100 Å². The molecule has 0 bridgehead atoms. The lowest BCUT2D eigenvalue weighted by Crippen LogP contribution is -1.94. The van der Waals surface area contributed by atoms with Gasteiger partial charge in [-0.25, -0.2) is 4.85 Å². The molecule has 8 aromatic carbocycles. The second-order valence-electron chi connectivity index (χ2n) is 14.2. The fourth-order valence-corrected chi connectivity index (χ4v) is 11.5. The van der Waals surface area contributed by atoms with Crippen molar-refractivity contribution in [2.75, 3.05) is 0 Å². The Morgan fingerprint density at radius 1 is 0.534 bits per heavy atom. The predicted molar refractivity (Wildman–Crippen MR) is 251 cm³/mol. The van der Waals surface area contributed by atoms with Gasteiger partial charge in [-0.15, -0.1) is 22.7 Å². The van der Waals surface area contributed by atoms with Crippen molar-refractivity contribution in [1.29, 1.82) is 5.26 Å². The molecular weight excluding hydrogens is 836 g/mol. The molecular formula is C50H26BrClN4S2. The zero-order chi connectivity index (χ0) is 39.1. The van der Waals surface area contributed by atoms with Crippen molar-refractivity contribution in [3.8, 4) is 17.4 Å². The quantitative estimate of drug-likeness (QED) is 0.160. The minimum absolute atomic E-state index is 0.650. The van der Waals surface area contributed by atoms with E-state index in [2.05, 4.69) is 157 Å². The molecule has 4 aromatic heterocycles. The molecule has 4 nitrogen and oxygen atoms in total. The molecule has 0 atom stereocenters. The van der Waals surface area contributed by atoms with Gasteiger partial charge in [-0.1, -0.05) is 78.3 Å². The molecule has 8 heteroatoms. The molecule has 0 unspecified atom stereocenters. The van der Waals surface area contributed by atoms with Crippen molar-refractivity contribution in [3.63, 3.8) is 0 Å². The predicted octanol–water partition coefficient (Wildman–Crippen LogP) is 16.1. The van der Waals surface area contributed by atoms with Crippen LogP contribution in [0.2, 0.25) is 5.02 Å². The highest BCUT2D eigenvalue weighted by atomic mass is 79.9. The summed E-state index contributed by atoms with van der Waals surface area (Å²) in [5.41, 5.74) is 7.99. The highest BCUT2D eigenvalue weighted by molar-refractivity contribution is 9.10. The number of nitrogens with zero attached hydrogens (tertiary/aromatic N) is 4. The van der Waals surface area contributed by atoms with Crippen molar-refractivity contribution in [2.45, 2.75) is 0 Å². The molecule has 0 spiro atoms. The van der Waals surface area contributed by atoms with Crippen molar-refractivity contribution in [1.82, 2.24) is 9.13 Å². The van der Waals surface area contributed by atoms with Gasteiger partial charge in [-0.2, -0.15) is 5.26 Å². The van der Waals surface area contributed by atoms with Crippen LogP contribution in [0.4, 0.5) is 5.69 Å². The molecule has 0 amide bonds. The third-order valence-corrected chi connectivity index (χ3v) is 14.5. The number of thiophene rings is 2. The van der Waals surface area contributed by atoms with Crippen molar-refractivity contribution in [3.05, 3.63) is 184 Å². The van der Waals surface area contributed by atoms with Gasteiger partial charge in [-0.05, 0) is 112 Å². The number of rotatable bonds is 2. The van der Waals surface area contributed by atoms with E-state index in [9.17, 15) is 5.26 Å². The van der Waals surface area contributed by atoms with Crippen molar-refractivity contribution in [2.24, 2.45) is 0 Å². The van der Waals surface area contributed by atoms with Gasteiger partial charge in [0.05, 0.1) is 50.7 Å². The van der Waals surface area contributed by atoms with Crippen LogP contribution in [-0.2, 0) is 0 Å². The molecule has 272 valence electrons. The Balaban J connectivity index is 0.000000215. The lowest BCUT2D eigenvalue weighted by molar-refractivity contribution is 1.19. The monoisotopic (exact) mass is 860 g/mol. The number of benzene rings is 8. The molecule has 0 saturated heterocycles. The van der Waals surface area contributed by atoms with Gasteiger partial charge >= 0.3 is 0 Å². The van der Waals surface area contributed by atoms with E-state index in [4.69, 9.17) is 18.2 Å². The number of para-hydroxylation sites is 2. The lowest BCUT2D eigenvalue weighted by Gasteiger charge is -2.10. The van der Waals surface area contributed by atoms with Gasteiger partial charge in [0, 0.05) is 67.0 Å². The van der Waals surface area contributed by atoms with Gasteiger partial charge in [0.2, 0.25) is 0 Å². The Morgan fingerprint density at radius 3 is 1.91 bits per heavy atom. The maximum Gasteiger partial charge on any atom is 0.188 e. The third-order valence-electron chi connectivity index (χ3n) is 11.0. The van der Waals surface area contributed by atoms with E-state index >= 15 is 0 Å². The summed E-state index contributed by atoms with van der Waals surface area (Å²) < 4.78 is 10.8. The first-order chi connectivity index (χ1) is 28.5. The Kier molecular flexibility index (Phi) is 8.15. The number of aromatic nitrogens is 2. The number of hydrogen-bond donors (Lipinski definition) is 0. The average Bonchev–Trinajstić information content (AvgIpc) is 4.01. The van der Waals surface area contributed by atoms with Crippen LogP contribution in [0.3, 0.4) is 0 Å². The Bertz CT molecular complexity index is 3760. The van der Waals surface area contributed by atoms with E-state index in [1.807, 2.05) is 47.7 Å². The Labute approximate surface area is 353 Å². The minimum atomic E-state index is 0.650. The van der Waals surface area contributed by atoms with Gasteiger partial charge in [0.25, 0.3) is 0 Å². The topological polar surface area (TPSA) is 38.0 Å². The zero-order valence-corrected chi connectivity index (χ0v) is 34.3. The summed E-state index contributed by atoms with van der Waals surface area (Å²) in [5, 5.41) is 19.8. The van der Waals surface area contributed by atoms with E-state index in [1.165, 1.54) is 40.3 Å². The highest BCUT2D eigenvalue weighted by Crippen LogP contribution is 2.43. The van der Waals surface area contributed by atoms with Crippen LogP contribution in [0.15, 0.2) is 162 Å². The van der Waals surface area contributed by atoms with E-state index < -0.39 is 0 Å². The first-order valence-corrected chi connectivity index (χ1v) is 21.4. The molecule has 0 saturated carbocycles. The summed E-state index contributed by atoms with van der Waals surface area (Å²) in [4.78, 5) is 3.69. The van der Waals surface area contributed by atoms with Crippen molar-refractivity contribution < 1.29 is 0 Å². The summed E-state index contributed by atoms with van der Waals surface area (Å²) >= 11 is 13.2. The SMILES string of the molecule is Clc1ccc2sc3c(Br)cccc3c2c1.[C-]#[N+]c1ccc2c(c1)c1ccccc1n2-c1cccc2c1sc1ccc(-n3c4ccccc4c4cc(C#N)ccc43)cc12. The van der Waals surface area contributed by atoms with Crippen LogP contribution in [-0.4, -0.2) is 9.13 Å². The summed E-state index contributed by atoms with van der Waals surface area (Å²) in [6, 6.07) is 56.7. The van der Waals surface area contributed by atoms with Crippen LogP contribution in [0.1, 0.15) is 5.56 Å². The van der Waals surface area contributed by atoms with Crippen molar-refractivity contribution >= 4 is 140 Å². The van der Waals surface area contributed by atoms with Crippen LogP contribution >= 0.6 is 50.2 Å². The first kappa shape index (κ1) is 34.8. The highest BCUT2D eigenvalue weighted by Gasteiger charge is 2.18. The number of halogens is 2. The maximum atomic E-state index is 9.55. The average molecular weight is 862 g/mol. The molecule has 0 N–H and O–H groups in total. The number of fused-ring (bicyclic) bond motifs is 12. The molecule has 0 radical (unpaired) electrons. The van der Waals surface area contributed by atoms with Crippen LogP contribution in [0.5, 0.6) is 0 Å². The minimum Gasteiger partial charge on any atom is -0.309 e. The summed E-state index contributed by atoms with van der Waals surface area (Å²) in [6.45, 7) is 7.55. The second kappa shape index (κ2) is 13.6. The molecule has 12 aromatic rings. The van der Waals surface area contributed by atoms with E-state index in [1.54, 1.807) is 11.3 Å². The molecule has 12 rings (SSSR count). The van der Waals surface area contributed by atoms with E-state index in [-0.39, 0.29) is 0 Å². The summed E-state index contributed by atoms with van der Waals surface area (Å²) in [6.07, 6.45) is 0. The van der Waals surface area contributed by atoms with Gasteiger partial charge in [0.1, 0.15) is 0 Å². The fourth-order valence-electron chi connectivity index (χ4n) is 8.43. The largest absolute Gasteiger partial charge is 0.309 e. The molecule has 58 heavy (non-hydrogen) atoms. The first-order valence-electron chi connectivity index (χ1n) is 18.6. The van der Waals surface area contributed by atoms with E-state index in [0.29, 0.717) is 11.3 Å². The Morgan fingerprint density at radius 2 is 1.14 bits per heavy atom. The number of nitriles is 1. The standard InChI is InChI=1S/C38H20N4S.C12H6BrClS/c1-40-24-14-17-35-30(20-24)27-8-3-5-11-33(27)42(35)36-12-6-9-28-31-21-25(15-18-37(31)43-38(28)36)41-32-10-4-2-7-26(32)29-19-23(22-39)13-16-34(29)41;13-10-3-1-2-8-9-6-7(14)4-5-11(9)15-12(8)10/h2-21H;1-6H. The van der Waals surface area contributed by atoms with E-state index in [0.717, 1.165) is 64.5 Å². The van der Waals surface area contributed by atoms with Gasteiger partial charge < -0.3 is 9.13 Å². The number of hydrogen-bond acceptors (Lipinski definition) is 3. The molecule has 0 aliphatic carbocycles.